The van der Waals surface area contributed by atoms with Gasteiger partial charge in [0.05, 0.1) is 6.54 Å². The van der Waals surface area contributed by atoms with Crippen LogP contribution in [0.3, 0.4) is 0 Å². The number of carbonyl (C=O) groups is 1. The largest absolute Gasteiger partial charge is 0.508 e. The summed E-state index contributed by atoms with van der Waals surface area (Å²) in [5.41, 5.74) is 5.86. The van der Waals surface area contributed by atoms with Gasteiger partial charge in [0.1, 0.15) is 12.4 Å². The predicted octanol–water partition coefficient (Wildman–Crippen LogP) is 0.394. The number of aromatic hydroxyl groups is 1. The summed E-state index contributed by atoms with van der Waals surface area (Å²) in [6.45, 7) is 0.0778. The van der Waals surface area contributed by atoms with Crippen molar-refractivity contribution < 1.29 is 14.6 Å². The third kappa shape index (κ3) is 3.13. The minimum Gasteiger partial charge on any atom is -0.508 e. The quantitative estimate of drug-likeness (QED) is 0.662. The Morgan fingerprint density at radius 2 is 2.00 bits per heavy atom. The second-order valence-corrected chi connectivity index (χ2v) is 2.53. The van der Waals surface area contributed by atoms with E-state index in [4.69, 9.17) is 15.6 Å². The molecule has 0 atom stereocenters. The molecule has 1 aromatic rings. The molecule has 0 saturated carbocycles. The SMILES string of the molecule is NCC(=O)OCc1ccc(O)cc1. The van der Waals surface area contributed by atoms with Crippen LogP contribution in [0.15, 0.2) is 24.3 Å². The van der Waals surface area contributed by atoms with E-state index in [0.29, 0.717) is 0 Å². The Morgan fingerprint density at radius 3 is 2.54 bits per heavy atom. The number of benzene rings is 1. The summed E-state index contributed by atoms with van der Waals surface area (Å²) in [7, 11) is 0. The van der Waals surface area contributed by atoms with Crippen LogP contribution >= 0.6 is 0 Å². The third-order valence-electron chi connectivity index (χ3n) is 1.50. The van der Waals surface area contributed by atoms with Gasteiger partial charge in [-0.3, -0.25) is 4.79 Å². The van der Waals surface area contributed by atoms with Gasteiger partial charge in [0.15, 0.2) is 0 Å². The first-order valence-corrected chi connectivity index (χ1v) is 3.86. The molecule has 0 saturated heterocycles. The van der Waals surface area contributed by atoms with Gasteiger partial charge in [-0.25, -0.2) is 0 Å². The molecule has 0 aliphatic heterocycles. The van der Waals surface area contributed by atoms with E-state index < -0.39 is 5.97 Å². The molecule has 0 amide bonds. The summed E-state index contributed by atoms with van der Waals surface area (Å²) in [6.07, 6.45) is 0. The van der Waals surface area contributed by atoms with Crippen molar-refractivity contribution in [2.75, 3.05) is 6.54 Å². The van der Waals surface area contributed by atoms with Crippen LogP contribution in [0.4, 0.5) is 0 Å². The van der Waals surface area contributed by atoms with Gasteiger partial charge in [-0.2, -0.15) is 0 Å². The number of phenols is 1. The first kappa shape index (κ1) is 9.54. The minimum atomic E-state index is -0.437. The van der Waals surface area contributed by atoms with E-state index in [9.17, 15) is 4.79 Å². The molecule has 70 valence electrons. The Balaban J connectivity index is 2.46. The van der Waals surface area contributed by atoms with E-state index in [-0.39, 0.29) is 18.9 Å². The summed E-state index contributed by atoms with van der Waals surface area (Å²) in [5.74, 6) is -0.248. The smallest absolute Gasteiger partial charge is 0.320 e. The van der Waals surface area contributed by atoms with Crippen LogP contribution in [0.25, 0.3) is 0 Å². The summed E-state index contributed by atoms with van der Waals surface area (Å²) in [5, 5.41) is 8.95. The lowest BCUT2D eigenvalue weighted by molar-refractivity contribution is -0.143. The van der Waals surface area contributed by atoms with Crippen LogP contribution in [0.2, 0.25) is 0 Å². The Bertz CT molecular complexity index is 281. The highest BCUT2D eigenvalue weighted by molar-refractivity contribution is 5.71. The number of ether oxygens (including phenoxy) is 1. The molecule has 13 heavy (non-hydrogen) atoms. The Kier molecular flexibility index (Phi) is 3.28. The van der Waals surface area contributed by atoms with E-state index in [1.165, 1.54) is 12.1 Å². The molecule has 0 fully saturated rings. The average Bonchev–Trinajstić information content (AvgIpc) is 2.16. The van der Waals surface area contributed by atoms with E-state index in [0.717, 1.165) is 5.56 Å². The number of hydrogen-bond donors (Lipinski definition) is 2. The van der Waals surface area contributed by atoms with Crippen LogP contribution in [-0.2, 0) is 16.1 Å². The lowest BCUT2D eigenvalue weighted by Gasteiger charge is -2.02. The van der Waals surface area contributed by atoms with Gasteiger partial charge in [0.25, 0.3) is 0 Å². The third-order valence-corrected chi connectivity index (χ3v) is 1.50. The molecule has 0 bridgehead atoms. The maximum Gasteiger partial charge on any atom is 0.320 e. The van der Waals surface area contributed by atoms with Gasteiger partial charge in [0.2, 0.25) is 0 Å². The summed E-state index contributed by atoms with van der Waals surface area (Å²) < 4.78 is 4.77. The van der Waals surface area contributed by atoms with Crippen LogP contribution < -0.4 is 5.73 Å². The van der Waals surface area contributed by atoms with Gasteiger partial charge in [-0.1, -0.05) is 12.1 Å². The van der Waals surface area contributed by atoms with Gasteiger partial charge >= 0.3 is 5.97 Å². The fraction of sp³-hybridized carbons (Fsp3) is 0.222. The van der Waals surface area contributed by atoms with E-state index >= 15 is 0 Å². The number of nitrogens with two attached hydrogens (primary N) is 1. The summed E-state index contributed by atoms with van der Waals surface area (Å²) >= 11 is 0. The number of esters is 1. The van der Waals surface area contributed by atoms with Gasteiger partial charge in [-0.05, 0) is 17.7 Å². The lowest BCUT2D eigenvalue weighted by atomic mass is 10.2. The second-order valence-electron chi connectivity index (χ2n) is 2.53. The highest BCUT2D eigenvalue weighted by Gasteiger charge is 1.99. The average molecular weight is 181 g/mol. The maximum atomic E-state index is 10.7. The monoisotopic (exact) mass is 181 g/mol. The highest BCUT2D eigenvalue weighted by Crippen LogP contribution is 2.10. The lowest BCUT2D eigenvalue weighted by Crippen LogP contribution is -2.16. The minimum absolute atomic E-state index is 0.113. The van der Waals surface area contributed by atoms with Crippen LogP contribution in [0.5, 0.6) is 5.75 Å². The van der Waals surface area contributed by atoms with Crippen molar-refractivity contribution in [2.24, 2.45) is 5.73 Å². The molecule has 0 radical (unpaired) electrons. The number of hydrogen-bond acceptors (Lipinski definition) is 4. The normalized spacial score (nSPS) is 9.62. The molecule has 1 aromatic carbocycles. The number of phenolic OH excluding ortho intramolecular Hbond substituents is 1. The molecule has 0 aliphatic rings. The van der Waals surface area contributed by atoms with Crippen molar-refractivity contribution >= 4 is 5.97 Å². The van der Waals surface area contributed by atoms with E-state index in [1.807, 2.05) is 0 Å². The predicted molar refractivity (Wildman–Crippen MR) is 47.0 cm³/mol. The van der Waals surface area contributed by atoms with E-state index in [1.54, 1.807) is 12.1 Å². The highest BCUT2D eigenvalue weighted by atomic mass is 16.5. The molecular formula is C9H11NO3. The fourth-order valence-electron chi connectivity index (χ4n) is 0.815. The molecule has 0 aromatic heterocycles. The molecule has 4 heteroatoms. The van der Waals surface area contributed by atoms with Gasteiger partial charge in [-0.15, -0.1) is 0 Å². The molecule has 3 N–H and O–H groups in total. The zero-order valence-electron chi connectivity index (χ0n) is 7.06. The van der Waals surface area contributed by atoms with Crippen molar-refractivity contribution in [1.29, 1.82) is 0 Å². The van der Waals surface area contributed by atoms with Crippen molar-refractivity contribution in [1.82, 2.24) is 0 Å². The molecular weight excluding hydrogens is 170 g/mol. The second kappa shape index (κ2) is 4.47. The molecule has 4 nitrogen and oxygen atoms in total. The Morgan fingerprint density at radius 1 is 1.38 bits per heavy atom. The van der Waals surface area contributed by atoms with Crippen molar-refractivity contribution in [3.8, 4) is 5.75 Å². The van der Waals surface area contributed by atoms with Crippen LogP contribution in [-0.4, -0.2) is 17.6 Å². The molecule has 0 aliphatic carbocycles. The first-order valence-electron chi connectivity index (χ1n) is 3.86. The fourth-order valence-corrected chi connectivity index (χ4v) is 0.815. The van der Waals surface area contributed by atoms with Crippen LogP contribution in [0, 0.1) is 0 Å². The summed E-state index contributed by atoms with van der Waals surface area (Å²) in [6, 6.07) is 6.43. The Labute approximate surface area is 75.9 Å². The molecule has 0 unspecified atom stereocenters. The van der Waals surface area contributed by atoms with Crippen LogP contribution in [0.1, 0.15) is 5.56 Å². The molecule has 1 rings (SSSR count). The zero-order valence-corrected chi connectivity index (χ0v) is 7.06. The van der Waals surface area contributed by atoms with Gasteiger partial charge in [0, 0.05) is 0 Å². The summed E-state index contributed by atoms with van der Waals surface area (Å²) in [4.78, 5) is 10.7. The topological polar surface area (TPSA) is 72.6 Å². The van der Waals surface area contributed by atoms with E-state index in [2.05, 4.69) is 0 Å². The molecule has 0 spiro atoms. The van der Waals surface area contributed by atoms with Crippen molar-refractivity contribution in [3.63, 3.8) is 0 Å². The number of carbonyl (C=O) groups excluding carboxylic acids is 1. The first-order chi connectivity index (χ1) is 6.22. The zero-order chi connectivity index (χ0) is 9.68. The van der Waals surface area contributed by atoms with Crippen molar-refractivity contribution in [3.05, 3.63) is 29.8 Å². The maximum absolute atomic E-state index is 10.7. The Hall–Kier alpha value is -1.55. The number of rotatable bonds is 3. The standard InChI is InChI=1S/C9H11NO3/c10-5-9(12)13-6-7-1-3-8(11)4-2-7/h1-4,11H,5-6,10H2. The van der Waals surface area contributed by atoms with Gasteiger partial charge < -0.3 is 15.6 Å². The van der Waals surface area contributed by atoms with Crippen molar-refractivity contribution in [2.45, 2.75) is 6.61 Å². The molecule has 0 heterocycles.